The maximum Gasteiger partial charge on any atom is -0.0264 e. The second-order valence-corrected chi connectivity index (χ2v) is 11.5. The quantitative estimate of drug-likeness (QED) is 0.491. The van der Waals surface area contributed by atoms with Crippen molar-refractivity contribution in [2.24, 2.45) is 52.3 Å². The normalized spacial score (nSPS) is 53.6. The smallest absolute Gasteiger partial charge is 0.0264 e. The standard InChI is InChI=1S/C25H44/c1-6-7-18(3)21-10-11-22-20-9-8-19-16-17(2)12-14-24(19,4)23(20)13-15-25(21,22)5/h17-23H,6-16H2,1-5H3/t17-,18-,19-,20?,21?,22-,23?,24?,25?/m1/s1. The van der Waals surface area contributed by atoms with Gasteiger partial charge in [0.25, 0.3) is 0 Å². The molecule has 0 bridgehead atoms. The molecule has 0 aromatic rings. The first-order chi connectivity index (χ1) is 11.9. The molecule has 144 valence electrons. The summed E-state index contributed by atoms with van der Waals surface area (Å²) in [5.74, 6) is 7.23. The van der Waals surface area contributed by atoms with Crippen LogP contribution in [0.25, 0.3) is 0 Å². The summed E-state index contributed by atoms with van der Waals surface area (Å²) in [5, 5.41) is 0. The zero-order valence-electron chi connectivity index (χ0n) is 17.8. The molecule has 5 unspecified atom stereocenters. The Hall–Kier alpha value is 0. The van der Waals surface area contributed by atoms with Gasteiger partial charge in [-0.1, -0.05) is 53.9 Å². The van der Waals surface area contributed by atoms with Gasteiger partial charge < -0.3 is 0 Å². The van der Waals surface area contributed by atoms with Crippen LogP contribution in [0.1, 0.15) is 105 Å². The number of rotatable bonds is 3. The lowest BCUT2D eigenvalue weighted by Crippen LogP contribution is -2.53. The van der Waals surface area contributed by atoms with E-state index in [0.717, 1.165) is 41.4 Å². The van der Waals surface area contributed by atoms with Crippen molar-refractivity contribution in [3.05, 3.63) is 0 Å². The highest BCUT2D eigenvalue weighted by molar-refractivity contribution is 5.09. The van der Waals surface area contributed by atoms with Crippen LogP contribution in [0.3, 0.4) is 0 Å². The van der Waals surface area contributed by atoms with Gasteiger partial charge in [-0.2, -0.15) is 0 Å². The zero-order chi connectivity index (χ0) is 17.8. The van der Waals surface area contributed by atoms with E-state index >= 15 is 0 Å². The lowest BCUT2D eigenvalue weighted by atomic mass is 9.44. The van der Waals surface area contributed by atoms with Crippen molar-refractivity contribution in [3.8, 4) is 0 Å². The molecule has 0 aromatic carbocycles. The molecule has 0 aromatic heterocycles. The molecule has 0 amide bonds. The molecule has 0 nitrogen and oxygen atoms in total. The fraction of sp³-hybridized carbons (Fsp3) is 1.00. The van der Waals surface area contributed by atoms with E-state index in [1.165, 1.54) is 25.7 Å². The topological polar surface area (TPSA) is 0 Å². The fourth-order valence-electron chi connectivity index (χ4n) is 9.10. The summed E-state index contributed by atoms with van der Waals surface area (Å²) in [7, 11) is 0. The Morgan fingerprint density at radius 2 is 1.60 bits per heavy atom. The van der Waals surface area contributed by atoms with Crippen molar-refractivity contribution in [2.75, 3.05) is 0 Å². The van der Waals surface area contributed by atoms with Gasteiger partial charge in [0, 0.05) is 0 Å². The summed E-state index contributed by atoms with van der Waals surface area (Å²) < 4.78 is 0. The molecule has 0 heteroatoms. The SMILES string of the molecule is CCC[C@@H](C)C1CC[C@@H]2C3CC[C@@H]4C[C@H](C)CCC4(C)C3CCC12C. The third kappa shape index (κ3) is 2.75. The van der Waals surface area contributed by atoms with Gasteiger partial charge in [-0.25, -0.2) is 0 Å². The van der Waals surface area contributed by atoms with E-state index in [9.17, 15) is 0 Å². The monoisotopic (exact) mass is 344 g/mol. The van der Waals surface area contributed by atoms with E-state index in [2.05, 4.69) is 34.6 Å². The van der Waals surface area contributed by atoms with Crippen LogP contribution in [0.4, 0.5) is 0 Å². The van der Waals surface area contributed by atoms with E-state index < -0.39 is 0 Å². The van der Waals surface area contributed by atoms with Crippen LogP contribution in [0.15, 0.2) is 0 Å². The average molecular weight is 345 g/mol. The van der Waals surface area contributed by atoms with Crippen LogP contribution in [0, 0.1) is 52.3 Å². The van der Waals surface area contributed by atoms with Crippen molar-refractivity contribution < 1.29 is 0 Å². The van der Waals surface area contributed by atoms with Crippen molar-refractivity contribution in [2.45, 2.75) is 105 Å². The average Bonchev–Trinajstić information content (AvgIpc) is 2.93. The van der Waals surface area contributed by atoms with Gasteiger partial charge in [-0.05, 0) is 104 Å². The lowest BCUT2D eigenvalue weighted by molar-refractivity contribution is -0.120. The summed E-state index contributed by atoms with van der Waals surface area (Å²) >= 11 is 0. The molecule has 0 aliphatic heterocycles. The van der Waals surface area contributed by atoms with Gasteiger partial charge in [-0.15, -0.1) is 0 Å². The molecule has 4 fully saturated rings. The van der Waals surface area contributed by atoms with Crippen molar-refractivity contribution in [1.29, 1.82) is 0 Å². The molecular formula is C25H44. The largest absolute Gasteiger partial charge is 0.0654 e. The highest BCUT2D eigenvalue weighted by Crippen LogP contribution is 2.68. The van der Waals surface area contributed by atoms with Crippen LogP contribution in [-0.4, -0.2) is 0 Å². The lowest BCUT2D eigenvalue weighted by Gasteiger charge is -2.61. The minimum atomic E-state index is 0.681. The van der Waals surface area contributed by atoms with Crippen molar-refractivity contribution in [3.63, 3.8) is 0 Å². The molecule has 25 heavy (non-hydrogen) atoms. The van der Waals surface area contributed by atoms with E-state index in [1.54, 1.807) is 44.9 Å². The number of fused-ring (bicyclic) bond motifs is 5. The Kier molecular flexibility index (Phi) is 4.82. The molecule has 4 aliphatic carbocycles. The third-order valence-corrected chi connectivity index (χ3v) is 10.4. The van der Waals surface area contributed by atoms with Crippen molar-refractivity contribution in [1.82, 2.24) is 0 Å². The summed E-state index contributed by atoms with van der Waals surface area (Å²) in [4.78, 5) is 0. The van der Waals surface area contributed by atoms with Gasteiger partial charge in [0.2, 0.25) is 0 Å². The Morgan fingerprint density at radius 1 is 0.880 bits per heavy atom. The first-order valence-corrected chi connectivity index (χ1v) is 11.9. The number of hydrogen-bond acceptors (Lipinski definition) is 0. The Bertz CT molecular complexity index is 480. The highest BCUT2D eigenvalue weighted by atomic mass is 14.6. The van der Waals surface area contributed by atoms with E-state index in [0.29, 0.717) is 10.8 Å². The Morgan fingerprint density at radius 3 is 2.36 bits per heavy atom. The first kappa shape index (κ1) is 18.4. The van der Waals surface area contributed by atoms with Gasteiger partial charge in [0.05, 0.1) is 0 Å². The molecule has 0 saturated heterocycles. The molecule has 0 heterocycles. The van der Waals surface area contributed by atoms with Gasteiger partial charge in [-0.3, -0.25) is 0 Å². The Balaban J connectivity index is 1.56. The molecule has 0 radical (unpaired) electrons. The maximum absolute atomic E-state index is 2.73. The maximum atomic E-state index is 2.73. The minimum Gasteiger partial charge on any atom is -0.0654 e. The van der Waals surface area contributed by atoms with E-state index in [-0.39, 0.29) is 0 Å². The predicted octanol–water partition coefficient (Wildman–Crippen LogP) is 7.72. The molecule has 4 rings (SSSR count). The minimum absolute atomic E-state index is 0.681. The van der Waals surface area contributed by atoms with Gasteiger partial charge in [0.15, 0.2) is 0 Å². The molecular weight excluding hydrogens is 300 g/mol. The molecule has 0 N–H and O–H groups in total. The first-order valence-electron chi connectivity index (χ1n) is 11.9. The fourth-order valence-corrected chi connectivity index (χ4v) is 9.10. The van der Waals surface area contributed by atoms with Gasteiger partial charge in [0.1, 0.15) is 0 Å². The highest BCUT2D eigenvalue weighted by Gasteiger charge is 2.60. The summed E-state index contributed by atoms with van der Waals surface area (Å²) in [5.41, 5.74) is 1.38. The van der Waals surface area contributed by atoms with Crippen molar-refractivity contribution >= 4 is 0 Å². The molecule has 9 atom stereocenters. The summed E-state index contributed by atoms with van der Waals surface area (Å²) in [6.45, 7) is 12.9. The molecule has 0 spiro atoms. The summed E-state index contributed by atoms with van der Waals surface area (Å²) in [6.07, 6.45) is 16.8. The summed E-state index contributed by atoms with van der Waals surface area (Å²) in [6, 6.07) is 0. The van der Waals surface area contributed by atoms with Gasteiger partial charge >= 0.3 is 0 Å². The zero-order valence-corrected chi connectivity index (χ0v) is 17.8. The van der Waals surface area contributed by atoms with Crippen LogP contribution in [0.2, 0.25) is 0 Å². The third-order valence-electron chi connectivity index (χ3n) is 10.4. The number of hydrogen-bond donors (Lipinski definition) is 0. The second-order valence-electron chi connectivity index (χ2n) is 11.5. The Labute approximate surface area is 157 Å². The van der Waals surface area contributed by atoms with Crippen LogP contribution >= 0.6 is 0 Å². The predicted molar refractivity (Wildman–Crippen MR) is 108 cm³/mol. The molecule has 4 aliphatic rings. The van der Waals surface area contributed by atoms with Crippen LogP contribution in [0.5, 0.6) is 0 Å². The van der Waals surface area contributed by atoms with Crippen LogP contribution in [-0.2, 0) is 0 Å². The van der Waals surface area contributed by atoms with E-state index in [1.807, 2.05) is 0 Å². The van der Waals surface area contributed by atoms with Crippen LogP contribution < -0.4 is 0 Å². The second kappa shape index (κ2) is 6.56. The van der Waals surface area contributed by atoms with E-state index in [4.69, 9.17) is 0 Å². The molecule has 4 saturated carbocycles.